The number of piperidine rings is 1. The molecule has 0 bridgehead atoms. The first-order valence-corrected chi connectivity index (χ1v) is 8.84. The molecule has 1 saturated heterocycles. The molecule has 0 aliphatic carbocycles. The highest BCUT2D eigenvalue weighted by Crippen LogP contribution is 2.34. The predicted octanol–water partition coefficient (Wildman–Crippen LogP) is 4.04. The van der Waals surface area contributed by atoms with Crippen LogP contribution in [0.5, 0.6) is 0 Å². The molecule has 0 N–H and O–H groups in total. The van der Waals surface area contributed by atoms with Crippen LogP contribution in [0.2, 0.25) is 0 Å². The minimum absolute atomic E-state index is 0.0537. The third-order valence-corrected chi connectivity index (χ3v) is 5.38. The maximum Gasteiger partial charge on any atom is 0.0727 e. The van der Waals surface area contributed by atoms with Gasteiger partial charge in [-0.05, 0) is 51.5 Å². The number of nitrogens with zero attached hydrogens (tertiary/aromatic N) is 3. The molecule has 1 aliphatic heterocycles. The molecule has 1 aliphatic rings. The summed E-state index contributed by atoms with van der Waals surface area (Å²) in [5, 5.41) is 4.97. The fourth-order valence-electron chi connectivity index (χ4n) is 3.63. The minimum Gasteiger partial charge on any atom is -0.306 e. The molecule has 23 heavy (non-hydrogen) atoms. The van der Waals surface area contributed by atoms with E-state index in [9.17, 15) is 0 Å². The average molecular weight is 311 g/mol. The van der Waals surface area contributed by atoms with Crippen LogP contribution in [0.25, 0.3) is 0 Å². The first kappa shape index (κ1) is 16.3. The summed E-state index contributed by atoms with van der Waals surface area (Å²) in [6.45, 7) is 10.1. The molecule has 3 nitrogen and oxygen atoms in total. The van der Waals surface area contributed by atoms with Crippen LogP contribution in [-0.4, -0.2) is 34.8 Å². The molecule has 1 aromatic heterocycles. The largest absolute Gasteiger partial charge is 0.306 e. The van der Waals surface area contributed by atoms with Gasteiger partial charge < -0.3 is 4.90 Å². The number of aromatic nitrogens is 2. The second-order valence-corrected chi connectivity index (χ2v) is 7.34. The van der Waals surface area contributed by atoms with Crippen molar-refractivity contribution >= 4 is 0 Å². The van der Waals surface area contributed by atoms with E-state index in [1.807, 2.05) is 0 Å². The molecule has 0 atom stereocenters. The van der Waals surface area contributed by atoms with Crippen molar-refractivity contribution < 1.29 is 0 Å². The first-order chi connectivity index (χ1) is 11.0. The average Bonchev–Trinajstić information content (AvgIpc) is 3.01. The van der Waals surface area contributed by atoms with Gasteiger partial charge in [0.25, 0.3) is 0 Å². The Kier molecular flexibility index (Phi) is 4.58. The van der Waals surface area contributed by atoms with Crippen LogP contribution in [0, 0.1) is 0 Å². The Morgan fingerprint density at radius 2 is 1.78 bits per heavy atom. The van der Waals surface area contributed by atoms with E-state index >= 15 is 0 Å². The maximum absolute atomic E-state index is 4.97. The Labute approximate surface area is 140 Å². The number of rotatable bonds is 4. The zero-order valence-electron chi connectivity index (χ0n) is 14.9. The van der Waals surface area contributed by atoms with Gasteiger partial charge in [-0.25, -0.2) is 0 Å². The van der Waals surface area contributed by atoms with Crippen LogP contribution in [-0.2, 0) is 12.0 Å². The molecule has 0 saturated carbocycles. The normalized spacial score (nSPS) is 17.6. The Balaban J connectivity index is 1.92. The Bertz CT molecular complexity index is 634. The topological polar surface area (TPSA) is 21.1 Å². The molecule has 124 valence electrons. The van der Waals surface area contributed by atoms with E-state index in [2.05, 4.69) is 73.8 Å². The molecule has 2 aromatic rings. The van der Waals surface area contributed by atoms with Crippen molar-refractivity contribution in [3.63, 3.8) is 0 Å². The van der Waals surface area contributed by atoms with Gasteiger partial charge >= 0.3 is 0 Å². The van der Waals surface area contributed by atoms with Crippen molar-refractivity contribution in [3.05, 3.63) is 53.3 Å². The van der Waals surface area contributed by atoms with Gasteiger partial charge in [0.15, 0.2) is 0 Å². The van der Waals surface area contributed by atoms with Gasteiger partial charge in [-0.2, -0.15) is 5.10 Å². The van der Waals surface area contributed by atoms with E-state index < -0.39 is 0 Å². The summed E-state index contributed by atoms with van der Waals surface area (Å²) in [4.78, 5) is 2.43. The predicted molar refractivity (Wildman–Crippen MR) is 95.9 cm³/mol. The van der Waals surface area contributed by atoms with Crippen molar-refractivity contribution in [1.29, 1.82) is 0 Å². The summed E-state index contributed by atoms with van der Waals surface area (Å²) < 4.78 is 2.23. The Hall–Kier alpha value is -1.61. The van der Waals surface area contributed by atoms with Crippen molar-refractivity contribution in [3.8, 4) is 0 Å². The Morgan fingerprint density at radius 1 is 1.13 bits per heavy atom. The zero-order valence-corrected chi connectivity index (χ0v) is 14.9. The Morgan fingerprint density at radius 3 is 2.39 bits per heavy atom. The zero-order chi connectivity index (χ0) is 16.4. The highest BCUT2D eigenvalue weighted by Gasteiger charge is 2.29. The lowest BCUT2D eigenvalue weighted by atomic mass is 9.81. The number of aryl methyl sites for hydroxylation is 1. The lowest BCUT2D eigenvalue weighted by molar-refractivity contribution is 0.250. The fourth-order valence-corrected chi connectivity index (χ4v) is 3.63. The van der Waals surface area contributed by atoms with Gasteiger partial charge in [0.05, 0.1) is 5.69 Å². The molecular weight excluding hydrogens is 282 g/mol. The molecule has 0 amide bonds. The van der Waals surface area contributed by atoms with Crippen molar-refractivity contribution in [2.45, 2.75) is 51.5 Å². The lowest BCUT2D eigenvalue weighted by Crippen LogP contribution is -2.30. The van der Waals surface area contributed by atoms with Crippen molar-refractivity contribution in [1.82, 2.24) is 14.7 Å². The van der Waals surface area contributed by atoms with Gasteiger partial charge in [0.2, 0.25) is 0 Å². The second-order valence-electron chi connectivity index (χ2n) is 7.34. The molecule has 0 radical (unpaired) electrons. The van der Waals surface area contributed by atoms with Crippen molar-refractivity contribution in [2.75, 3.05) is 20.1 Å². The van der Waals surface area contributed by atoms with E-state index in [0.29, 0.717) is 5.92 Å². The highest BCUT2D eigenvalue weighted by molar-refractivity contribution is 5.35. The molecule has 3 heteroatoms. The molecular formula is C20H29N3. The van der Waals surface area contributed by atoms with Crippen LogP contribution in [0.15, 0.2) is 36.4 Å². The number of likely N-dealkylation sites (tertiary alicyclic amines) is 1. The molecule has 1 fully saturated rings. The van der Waals surface area contributed by atoms with Gasteiger partial charge in [-0.1, -0.05) is 44.2 Å². The summed E-state index contributed by atoms with van der Waals surface area (Å²) in [7, 11) is 2.22. The fraction of sp³-hybridized carbons (Fsp3) is 0.550. The minimum atomic E-state index is -0.0537. The number of hydrogen-bond donors (Lipinski definition) is 0. The lowest BCUT2D eigenvalue weighted by Gasteiger charge is -2.29. The quantitative estimate of drug-likeness (QED) is 0.850. The SMILES string of the molecule is CCn1nc(C(C)(C)c2ccccc2)cc1C1CCN(C)CC1. The highest BCUT2D eigenvalue weighted by atomic mass is 15.3. The summed E-state index contributed by atoms with van der Waals surface area (Å²) in [5.74, 6) is 0.652. The van der Waals surface area contributed by atoms with Crippen molar-refractivity contribution in [2.24, 2.45) is 0 Å². The van der Waals surface area contributed by atoms with E-state index in [1.54, 1.807) is 0 Å². The maximum atomic E-state index is 4.97. The summed E-state index contributed by atoms with van der Waals surface area (Å²) in [6.07, 6.45) is 2.49. The van der Waals surface area contributed by atoms with Crippen LogP contribution in [0.4, 0.5) is 0 Å². The van der Waals surface area contributed by atoms with Gasteiger partial charge in [-0.15, -0.1) is 0 Å². The molecule has 1 aromatic carbocycles. The molecule has 3 rings (SSSR count). The standard InChI is InChI=1S/C20H29N3/c1-5-23-18(16-11-13-22(4)14-12-16)15-19(21-23)20(2,3)17-9-7-6-8-10-17/h6-10,15-16H,5,11-14H2,1-4H3. The summed E-state index contributed by atoms with van der Waals surface area (Å²) in [5.41, 5.74) is 3.90. The van der Waals surface area contributed by atoms with Gasteiger partial charge in [0, 0.05) is 23.6 Å². The molecule has 0 unspecified atom stereocenters. The second kappa shape index (κ2) is 6.48. The van der Waals surface area contributed by atoms with Crippen LogP contribution < -0.4 is 0 Å². The van der Waals surface area contributed by atoms with Crippen LogP contribution >= 0.6 is 0 Å². The number of benzene rings is 1. The smallest absolute Gasteiger partial charge is 0.0727 e. The summed E-state index contributed by atoms with van der Waals surface area (Å²) in [6, 6.07) is 13.1. The van der Waals surface area contributed by atoms with E-state index in [0.717, 1.165) is 6.54 Å². The monoisotopic (exact) mass is 311 g/mol. The van der Waals surface area contributed by atoms with Crippen LogP contribution in [0.1, 0.15) is 56.5 Å². The third-order valence-electron chi connectivity index (χ3n) is 5.38. The first-order valence-electron chi connectivity index (χ1n) is 8.84. The molecule has 2 heterocycles. The van der Waals surface area contributed by atoms with Gasteiger partial charge in [-0.3, -0.25) is 4.68 Å². The number of hydrogen-bond acceptors (Lipinski definition) is 2. The third kappa shape index (κ3) is 3.20. The van der Waals surface area contributed by atoms with E-state index in [4.69, 9.17) is 5.10 Å². The van der Waals surface area contributed by atoms with Gasteiger partial charge in [0.1, 0.15) is 0 Å². The molecule has 0 spiro atoms. The van der Waals surface area contributed by atoms with Crippen LogP contribution in [0.3, 0.4) is 0 Å². The van der Waals surface area contributed by atoms with E-state index in [1.165, 1.54) is 42.9 Å². The summed E-state index contributed by atoms with van der Waals surface area (Å²) >= 11 is 0. The van der Waals surface area contributed by atoms with E-state index in [-0.39, 0.29) is 5.41 Å².